The molecule has 6 nitrogen and oxygen atoms in total. The van der Waals surface area contributed by atoms with Crippen LogP contribution in [0.1, 0.15) is 68.6 Å². The normalized spacial score (nSPS) is 28.0. The molecular weight excluding hydrogens is 427 g/mol. The molecule has 4 fully saturated rings. The summed E-state index contributed by atoms with van der Waals surface area (Å²) in [5.41, 5.74) is 1.67. The van der Waals surface area contributed by atoms with Crippen molar-refractivity contribution in [3.8, 4) is 11.3 Å². The van der Waals surface area contributed by atoms with Crippen LogP contribution in [-0.2, 0) is 20.9 Å². The van der Waals surface area contributed by atoms with E-state index in [1.54, 1.807) is 12.4 Å². The summed E-state index contributed by atoms with van der Waals surface area (Å²) < 4.78 is 17.4. The van der Waals surface area contributed by atoms with E-state index < -0.39 is 0 Å². The Morgan fingerprint density at radius 1 is 1.13 bits per heavy atom. The van der Waals surface area contributed by atoms with Gasteiger partial charge in [0.05, 0.1) is 34.8 Å². The first-order valence-electron chi connectivity index (χ1n) is 10.5. The minimum absolute atomic E-state index is 0.0740. The van der Waals surface area contributed by atoms with Crippen molar-refractivity contribution in [1.29, 1.82) is 0 Å². The number of rotatable bonds is 6. The highest BCUT2D eigenvalue weighted by molar-refractivity contribution is 6.38. The molecule has 6 rings (SSSR count). The van der Waals surface area contributed by atoms with Gasteiger partial charge in [-0.15, -0.1) is 0 Å². The zero-order chi connectivity index (χ0) is 20.9. The van der Waals surface area contributed by atoms with Crippen LogP contribution < -0.4 is 0 Å². The van der Waals surface area contributed by atoms with Crippen molar-refractivity contribution < 1.29 is 18.8 Å². The Bertz CT molecular complexity index is 941. The first kappa shape index (κ1) is 20.3. The van der Waals surface area contributed by atoms with Crippen LogP contribution in [0.25, 0.3) is 11.3 Å². The van der Waals surface area contributed by atoms with Crippen LogP contribution in [-0.4, -0.2) is 28.8 Å². The van der Waals surface area contributed by atoms with Gasteiger partial charge in [0, 0.05) is 29.4 Å². The SMILES string of the molecule is COC(=O)C12CCC(OCc3c(-c4c(Cl)cncc4Cl)noc3C3CC3)(CC1)CC2. The number of aromatic nitrogens is 2. The maximum Gasteiger partial charge on any atom is 0.311 e. The molecule has 0 atom stereocenters. The number of halogens is 2. The molecule has 2 bridgehead atoms. The standard InChI is InChI=1S/C22H24Cl2N2O4/c1-28-20(27)21-4-7-22(8-5-21,9-6-21)29-12-14-18(26-30-19(14)13-2-3-13)17-15(23)10-25-11-16(17)24/h10-11,13H,2-9,12H2,1H3. The van der Waals surface area contributed by atoms with Gasteiger partial charge in [0.15, 0.2) is 0 Å². The summed E-state index contributed by atoms with van der Waals surface area (Å²) in [5, 5.41) is 5.20. The second-order valence-electron chi connectivity index (χ2n) is 8.87. The van der Waals surface area contributed by atoms with E-state index in [4.69, 9.17) is 37.2 Å². The fourth-order valence-electron chi connectivity index (χ4n) is 5.08. The van der Waals surface area contributed by atoms with E-state index >= 15 is 0 Å². The second kappa shape index (κ2) is 7.50. The van der Waals surface area contributed by atoms with Gasteiger partial charge in [-0.25, -0.2) is 0 Å². The third kappa shape index (κ3) is 3.33. The number of nitrogens with zero attached hydrogens (tertiary/aromatic N) is 2. The third-order valence-electron chi connectivity index (χ3n) is 7.18. The van der Waals surface area contributed by atoms with Crippen LogP contribution in [0.2, 0.25) is 10.0 Å². The summed E-state index contributed by atoms with van der Waals surface area (Å²) in [6.07, 6.45) is 10.3. The lowest BCUT2D eigenvalue weighted by Gasteiger charge is -2.51. The minimum Gasteiger partial charge on any atom is -0.469 e. The van der Waals surface area contributed by atoms with Crippen LogP contribution in [0.4, 0.5) is 0 Å². The number of pyridine rings is 1. The summed E-state index contributed by atoms with van der Waals surface area (Å²) in [7, 11) is 1.48. The highest BCUT2D eigenvalue weighted by atomic mass is 35.5. The molecule has 2 heterocycles. The maximum absolute atomic E-state index is 12.3. The predicted molar refractivity (Wildman–Crippen MR) is 111 cm³/mol. The Morgan fingerprint density at radius 2 is 1.77 bits per heavy atom. The topological polar surface area (TPSA) is 74.5 Å². The van der Waals surface area contributed by atoms with Crippen molar-refractivity contribution >= 4 is 29.2 Å². The van der Waals surface area contributed by atoms with E-state index in [2.05, 4.69) is 10.1 Å². The number of hydrogen-bond acceptors (Lipinski definition) is 6. The van der Waals surface area contributed by atoms with Gasteiger partial charge in [0.2, 0.25) is 0 Å². The van der Waals surface area contributed by atoms with Crippen molar-refractivity contribution in [3.63, 3.8) is 0 Å². The Morgan fingerprint density at radius 3 is 2.33 bits per heavy atom. The molecule has 8 heteroatoms. The molecule has 0 radical (unpaired) electrons. The van der Waals surface area contributed by atoms with E-state index in [0.717, 1.165) is 62.7 Å². The molecule has 2 aromatic heterocycles. The van der Waals surface area contributed by atoms with Crippen molar-refractivity contribution in [2.45, 2.75) is 69.5 Å². The monoisotopic (exact) mass is 450 g/mol. The van der Waals surface area contributed by atoms with E-state index in [9.17, 15) is 4.79 Å². The van der Waals surface area contributed by atoms with Crippen LogP contribution in [0.3, 0.4) is 0 Å². The number of hydrogen-bond donors (Lipinski definition) is 0. The smallest absolute Gasteiger partial charge is 0.311 e. The zero-order valence-electron chi connectivity index (χ0n) is 16.9. The number of carbonyl (C=O) groups is 1. The van der Waals surface area contributed by atoms with E-state index in [0.29, 0.717) is 33.8 Å². The molecule has 0 aliphatic heterocycles. The van der Waals surface area contributed by atoms with Crippen LogP contribution in [0, 0.1) is 5.41 Å². The molecule has 0 amide bonds. The lowest BCUT2D eigenvalue weighted by atomic mass is 9.58. The fourth-order valence-corrected chi connectivity index (χ4v) is 5.62. The van der Waals surface area contributed by atoms with E-state index in [1.807, 2.05) is 0 Å². The fraction of sp³-hybridized carbons (Fsp3) is 0.591. The average molecular weight is 451 g/mol. The van der Waals surface area contributed by atoms with Crippen LogP contribution in [0.5, 0.6) is 0 Å². The zero-order valence-corrected chi connectivity index (χ0v) is 18.4. The maximum atomic E-state index is 12.3. The molecule has 0 unspecified atom stereocenters. The largest absolute Gasteiger partial charge is 0.469 e. The summed E-state index contributed by atoms with van der Waals surface area (Å²) in [6, 6.07) is 0. The Balaban J connectivity index is 1.40. The highest BCUT2D eigenvalue weighted by Gasteiger charge is 2.54. The molecule has 2 aromatic rings. The van der Waals surface area contributed by atoms with E-state index in [-0.39, 0.29) is 17.0 Å². The number of carbonyl (C=O) groups excluding carboxylic acids is 1. The van der Waals surface area contributed by atoms with Crippen LogP contribution in [0.15, 0.2) is 16.9 Å². The number of methoxy groups -OCH3 is 1. The summed E-state index contributed by atoms with van der Waals surface area (Å²) in [4.78, 5) is 16.3. The lowest BCUT2D eigenvalue weighted by molar-refractivity contribution is -0.178. The Hall–Kier alpha value is -1.63. The first-order valence-corrected chi connectivity index (χ1v) is 11.2. The molecule has 0 saturated heterocycles. The van der Waals surface area contributed by atoms with Crippen molar-refractivity contribution in [2.75, 3.05) is 7.11 Å². The quantitative estimate of drug-likeness (QED) is 0.525. The third-order valence-corrected chi connectivity index (χ3v) is 7.75. The van der Waals surface area contributed by atoms with Gasteiger partial charge >= 0.3 is 5.97 Å². The highest BCUT2D eigenvalue weighted by Crippen LogP contribution is 2.55. The second-order valence-corrected chi connectivity index (χ2v) is 9.68. The average Bonchev–Trinajstić information content (AvgIpc) is 3.53. The van der Waals surface area contributed by atoms with E-state index in [1.165, 1.54) is 7.11 Å². The van der Waals surface area contributed by atoms with Crippen molar-refractivity contribution in [3.05, 3.63) is 33.8 Å². The molecule has 160 valence electrons. The molecule has 0 spiro atoms. The number of ether oxygens (including phenoxy) is 2. The van der Waals surface area contributed by atoms with Crippen molar-refractivity contribution in [2.24, 2.45) is 5.41 Å². The minimum atomic E-state index is -0.320. The summed E-state index contributed by atoms with van der Waals surface area (Å²) >= 11 is 12.8. The van der Waals surface area contributed by atoms with Gasteiger partial charge in [-0.2, -0.15) is 0 Å². The van der Waals surface area contributed by atoms with Crippen molar-refractivity contribution in [1.82, 2.24) is 10.1 Å². The molecule has 4 aliphatic carbocycles. The van der Waals surface area contributed by atoms with Gasteiger partial charge in [-0.05, 0) is 51.4 Å². The molecule has 0 aromatic carbocycles. The van der Waals surface area contributed by atoms with Crippen LogP contribution >= 0.6 is 23.2 Å². The summed E-state index contributed by atoms with van der Waals surface area (Å²) in [5.74, 6) is 1.18. The lowest BCUT2D eigenvalue weighted by Crippen LogP contribution is -2.51. The van der Waals surface area contributed by atoms with Gasteiger partial charge in [0.1, 0.15) is 11.5 Å². The Kier molecular flexibility index (Phi) is 5.07. The number of fused-ring (bicyclic) bond motifs is 3. The predicted octanol–water partition coefficient (Wildman–Crippen LogP) is 5.70. The van der Waals surface area contributed by atoms with Gasteiger partial charge in [-0.1, -0.05) is 28.4 Å². The molecule has 30 heavy (non-hydrogen) atoms. The molecular formula is C22H24Cl2N2O4. The molecule has 4 aliphatic rings. The first-order chi connectivity index (χ1) is 14.5. The van der Waals surface area contributed by atoms with Gasteiger partial charge in [-0.3, -0.25) is 9.78 Å². The summed E-state index contributed by atoms with van der Waals surface area (Å²) in [6.45, 7) is 0.394. The number of esters is 1. The molecule has 0 N–H and O–H groups in total. The van der Waals surface area contributed by atoms with Gasteiger partial charge < -0.3 is 14.0 Å². The van der Waals surface area contributed by atoms with Gasteiger partial charge in [0.25, 0.3) is 0 Å². The molecule has 4 saturated carbocycles. The Labute approximate surface area is 185 Å².